The molecule has 4 heterocycles. The average Bonchev–Trinajstić information content (AvgIpc) is 3.33. The Hall–Kier alpha value is -2.68. The molecular weight excluding hydrogens is 556 g/mol. The van der Waals surface area contributed by atoms with Gasteiger partial charge in [0, 0.05) is 17.1 Å². The van der Waals surface area contributed by atoms with Crippen LogP contribution in [0.25, 0.3) is 22.8 Å². The van der Waals surface area contributed by atoms with Crippen LogP contribution in [0.5, 0.6) is 0 Å². The number of aromatic nitrogens is 8. The van der Waals surface area contributed by atoms with Crippen molar-refractivity contribution in [2.75, 3.05) is 0 Å². The van der Waals surface area contributed by atoms with Crippen molar-refractivity contribution in [3.8, 4) is 22.8 Å². The van der Waals surface area contributed by atoms with E-state index in [1.54, 1.807) is 13.0 Å². The van der Waals surface area contributed by atoms with Gasteiger partial charge in [-0.3, -0.25) is 10.2 Å². The molecule has 12 heteroatoms. The second kappa shape index (κ2) is 8.55. The van der Waals surface area contributed by atoms with Gasteiger partial charge in [-0.1, -0.05) is 6.07 Å². The summed E-state index contributed by atoms with van der Waals surface area (Å²) in [6.07, 6.45) is -4.47. The molecule has 0 unspecified atom stereocenters. The Kier molecular flexibility index (Phi) is 6.60. The Morgan fingerprint density at radius 3 is 1.64 bits per heavy atom. The van der Waals surface area contributed by atoms with Crippen molar-refractivity contribution in [1.82, 2.24) is 40.8 Å². The summed E-state index contributed by atoms with van der Waals surface area (Å²) in [6.45, 7) is 5.63. The monoisotopic (exact) mass is 571 g/mol. The van der Waals surface area contributed by atoms with E-state index in [9.17, 15) is 13.2 Å². The van der Waals surface area contributed by atoms with Crippen molar-refractivity contribution in [2.24, 2.45) is 0 Å². The number of alkyl halides is 3. The minimum atomic E-state index is -4.47. The number of H-pyrrole nitrogens is 2. The number of aryl methyl sites for hydroxylation is 3. The van der Waals surface area contributed by atoms with Crippen molar-refractivity contribution in [2.45, 2.75) is 26.9 Å². The molecule has 0 fully saturated rings. The normalized spacial score (nSPS) is 10.9. The number of nitrogens with zero attached hydrogens (tertiary/aromatic N) is 6. The first kappa shape index (κ1) is 21.6. The first-order chi connectivity index (χ1) is 12.7. The molecule has 28 heavy (non-hydrogen) atoms. The van der Waals surface area contributed by atoms with Crippen LogP contribution < -0.4 is 10.2 Å². The fourth-order valence-electron chi connectivity index (χ4n) is 2.17. The summed E-state index contributed by atoms with van der Waals surface area (Å²) in [6, 6.07) is 6.33. The summed E-state index contributed by atoms with van der Waals surface area (Å²) < 4.78 is 36.6. The van der Waals surface area contributed by atoms with E-state index in [4.69, 9.17) is 0 Å². The van der Waals surface area contributed by atoms with Crippen LogP contribution in [0.4, 0.5) is 13.2 Å². The standard InChI is InChI=1S/C8H5F3N4.C8H10N4.Pt/c1-4-2-5(13-12-4)6-3-7(15-14-6)8(9,10)11;1-5-3-7(11-9-5)8-4-6(2)10-12-8;/h2-3H,1H3;3-4H,1-2H3,(H,9,11)(H,10,12);/q-2;;+2. The van der Waals surface area contributed by atoms with Gasteiger partial charge in [0.05, 0.1) is 0 Å². The Balaban J connectivity index is 0.000000198. The SMILES string of the molecule is Cc1cc(-c2cc(C(F)(F)F)n[n-]2)[n-]n1.Cc1cc(-c2cc(C)[nH]n2)n[nH]1.[Pt+2]. The fraction of sp³-hybridized carbons (Fsp3) is 0.250. The molecule has 0 spiro atoms. The quantitative estimate of drug-likeness (QED) is 0.383. The third-order valence-corrected chi connectivity index (χ3v) is 3.43. The molecule has 4 rings (SSSR count). The zero-order chi connectivity index (χ0) is 19.6. The van der Waals surface area contributed by atoms with Crippen molar-refractivity contribution < 1.29 is 34.2 Å². The van der Waals surface area contributed by atoms with Gasteiger partial charge in [-0.2, -0.15) is 23.4 Å². The van der Waals surface area contributed by atoms with Gasteiger partial charge in [-0.25, -0.2) is 0 Å². The predicted molar refractivity (Wildman–Crippen MR) is 89.5 cm³/mol. The second-order valence-electron chi connectivity index (χ2n) is 5.86. The van der Waals surface area contributed by atoms with E-state index >= 15 is 0 Å². The van der Waals surface area contributed by atoms with Crippen LogP contribution in [0.1, 0.15) is 22.8 Å². The largest absolute Gasteiger partial charge is 2.00 e. The maximum absolute atomic E-state index is 12.2. The number of rotatable bonds is 2. The fourth-order valence-corrected chi connectivity index (χ4v) is 2.17. The molecule has 2 N–H and O–H groups in total. The van der Waals surface area contributed by atoms with Gasteiger partial charge in [0.1, 0.15) is 17.1 Å². The maximum atomic E-state index is 12.2. The summed E-state index contributed by atoms with van der Waals surface area (Å²) in [4.78, 5) is 0. The minimum absolute atomic E-state index is 0. The topological polar surface area (TPSA) is 111 Å². The molecule has 0 atom stereocenters. The molecule has 0 aliphatic carbocycles. The zero-order valence-electron chi connectivity index (χ0n) is 14.9. The second-order valence-corrected chi connectivity index (χ2v) is 5.86. The Morgan fingerprint density at radius 2 is 1.29 bits per heavy atom. The van der Waals surface area contributed by atoms with E-state index < -0.39 is 11.9 Å². The molecule has 0 amide bonds. The summed E-state index contributed by atoms with van der Waals surface area (Å²) >= 11 is 0. The van der Waals surface area contributed by atoms with E-state index in [0.29, 0.717) is 11.4 Å². The number of hydrogen-bond donors (Lipinski definition) is 2. The molecule has 150 valence electrons. The van der Waals surface area contributed by atoms with Crippen molar-refractivity contribution in [3.63, 3.8) is 0 Å². The molecule has 4 aromatic heterocycles. The molecule has 0 bridgehead atoms. The van der Waals surface area contributed by atoms with E-state index in [1.165, 1.54) is 0 Å². The van der Waals surface area contributed by atoms with Crippen LogP contribution in [0.2, 0.25) is 0 Å². The molecule has 0 aromatic carbocycles. The number of aromatic amines is 2. The smallest absolute Gasteiger partial charge is 0.576 e. The van der Waals surface area contributed by atoms with Crippen molar-refractivity contribution in [1.29, 1.82) is 0 Å². The van der Waals surface area contributed by atoms with Gasteiger partial charge in [-0.15, -0.1) is 11.4 Å². The predicted octanol–water partition coefficient (Wildman–Crippen LogP) is 2.80. The van der Waals surface area contributed by atoms with E-state index in [2.05, 4.69) is 40.8 Å². The van der Waals surface area contributed by atoms with Crippen LogP contribution in [-0.2, 0) is 27.2 Å². The van der Waals surface area contributed by atoms with Gasteiger partial charge in [0.2, 0.25) is 0 Å². The zero-order valence-corrected chi connectivity index (χ0v) is 17.2. The van der Waals surface area contributed by atoms with Gasteiger partial charge in [0.15, 0.2) is 0 Å². The van der Waals surface area contributed by atoms with Gasteiger partial charge in [0.25, 0.3) is 0 Å². The summed E-state index contributed by atoms with van der Waals surface area (Å²) in [5.41, 5.74) is 3.86. The number of nitrogens with one attached hydrogen (secondary N) is 2. The summed E-state index contributed by atoms with van der Waals surface area (Å²) in [5, 5.41) is 27.7. The van der Waals surface area contributed by atoms with Crippen LogP contribution in [0, 0.1) is 20.8 Å². The Bertz CT molecular complexity index is 988. The van der Waals surface area contributed by atoms with Gasteiger partial charge >= 0.3 is 27.2 Å². The molecule has 4 aromatic rings. The molecule has 0 saturated heterocycles. The van der Waals surface area contributed by atoms with Gasteiger partial charge < -0.3 is 20.4 Å². The number of halogens is 3. The van der Waals surface area contributed by atoms with Crippen LogP contribution in [-0.4, -0.2) is 30.6 Å². The van der Waals surface area contributed by atoms with Crippen molar-refractivity contribution >= 4 is 0 Å². The van der Waals surface area contributed by atoms with Crippen LogP contribution in [0.3, 0.4) is 0 Å². The summed E-state index contributed by atoms with van der Waals surface area (Å²) in [7, 11) is 0. The molecule has 8 nitrogen and oxygen atoms in total. The maximum Gasteiger partial charge on any atom is 2.00 e. The molecule has 0 aliphatic rings. The van der Waals surface area contributed by atoms with E-state index in [-0.39, 0.29) is 26.8 Å². The average molecular weight is 571 g/mol. The minimum Gasteiger partial charge on any atom is -0.576 e. The summed E-state index contributed by atoms with van der Waals surface area (Å²) in [5.74, 6) is 0. The molecular formula is C16H15F3N8Pt. The van der Waals surface area contributed by atoms with Gasteiger partial charge in [-0.05, 0) is 39.0 Å². The molecule has 0 saturated carbocycles. The van der Waals surface area contributed by atoms with E-state index in [0.717, 1.165) is 28.8 Å². The first-order valence-corrected chi connectivity index (χ1v) is 7.82. The van der Waals surface area contributed by atoms with Crippen molar-refractivity contribution in [3.05, 3.63) is 47.0 Å². The third-order valence-electron chi connectivity index (χ3n) is 3.43. The third kappa shape index (κ3) is 5.19. The van der Waals surface area contributed by atoms with Crippen LogP contribution in [0.15, 0.2) is 24.3 Å². The number of hydrogen-bond acceptors (Lipinski definition) is 4. The van der Waals surface area contributed by atoms with E-state index in [1.807, 2.05) is 26.0 Å². The molecule has 0 aliphatic heterocycles. The Labute approximate surface area is 172 Å². The van der Waals surface area contributed by atoms with Crippen LogP contribution >= 0.6 is 0 Å². The molecule has 0 radical (unpaired) electrons. The first-order valence-electron chi connectivity index (χ1n) is 7.82. The Morgan fingerprint density at radius 1 is 0.786 bits per heavy atom.